The van der Waals surface area contributed by atoms with Crippen molar-refractivity contribution in [1.29, 1.82) is 0 Å². The second-order valence-corrected chi connectivity index (χ2v) is 15.4. The van der Waals surface area contributed by atoms with Gasteiger partial charge < -0.3 is 125 Å². The molecule has 0 spiro atoms. The fourth-order valence-corrected chi connectivity index (χ4v) is 7.74. The van der Waals surface area contributed by atoms with Crippen molar-refractivity contribution in [2.75, 3.05) is 26.4 Å². The molecule has 0 aromatic carbocycles. The smallest absolute Gasteiger partial charge is 0.217 e. The van der Waals surface area contributed by atoms with E-state index in [-0.39, 0.29) is 0 Å². The zero-order valence-electron chi connectivity index (χ0n) is 33.0. The highest BCUT2D eigenvalue weighted by atomic mass is 16.8. The molecule has 5 aliphatic rings. The minimum Gasteiger partial charge on any atom is -0.394 e. The zero-order chi connectivity index (χ0) is 45.2. The maximum Gasteiger partial charge on any atom is 0.217 e. The fraction of sp³-hybridized carbons (Fsp3) is 0.941. The van der Waals surface area contributed by atoms with Gasteiger partial charge in [-0.1, -0.05) is 0 Å². The molecule has 25 atom stereocenters. The summed E-state index contributed by atoms with van der Waals surface area (Å²) < 4.78 is 52.2. The molecule has 61 heavy (non-hydrogen) atoms. The van der Waals surface area contributed by atoms with Crippen molar-refractivity contribution in [2.45, 2.75) is 174 Å². The molecule has 0 aromatic rings. The first-order valence-electron chi connectivity index (χ1n) is 19.5. The molecule has 5 rings (SSSR count). The topological polar surface area (TPSA) is 424 Å². The first-order valence-corrected chi connectivity index (χ1v) is 19.5. The summed E-state index contributed by atoms with van der Waals surface area (Å²) in [7, 11) is 0. The highest BCUT2D eigenvalue weighted by Crippen LogP contribution is 2.37. The first kappa shape index (κ1) is 50.0. The van der Waals surface area contributed by atoms with E-state index in [1.54, 1.807) is 0 Å². The molecular weight excluding hydrogens is 836 g/mol. The Morgan fingerprint density at radius 2 is 0.852 bits per heavy atom. The average molecular weight is 895 g/mol. The highest BCUT2D eigenvalue weighted by molar-refractivity contribution is 5.73. The molecule has 16 N–H and O–H groups in total. The second kappa shape index (κ2) is 21.3. The maximum absolute atomic E-state index is 12.7. The van der Waals surface area contributed by atoms with Gasteiger partial charge in [0.05, 0.1) is 32.5 Å². The molecular formula is C34H58N2O25. The summed E-state index contributed by atoms with van der Waals surface area (Å²) in [5.74, 6) is -1.59. The number of amides is 2. The maximum atomic E-state index is 12.7. The molecule has 5 heterocycles. The van der Waals surface area contributed by atoms with E-state index < -0.39 is 192 Å². The minimum absolute atomic E-state index is 0.763. The lowest BCUT2D eigenvalue weighted by Crippen LogP contribution is -2.71. The SMILES string of the molecule is CC(=O)N[C@H]1[C@H](O[C@H]2[C@@H](O)[C@@H](CO)O[C@@H](O[C@H]3[C@H](O)[C@@H](CO)O[C@@H](O[C@@H]4[C@@H](O)[C@@H](O)O[C@H](CO)[C@@H]4O)[C@@H]3NC(C)=O)[C@@H]2O[C@@H]2O[C@@H](C)[C@@H](O)[C@@H](O)[C@@H]2O)O[C@H](CO)[C@@H](O)[C@@H]1O. The molecule has 5 aliphatic heterocycles. The number of hydrogen-bond acceptors (Lipinski definition) is 25. The van der Waals surface area contributed by atoms with Crippen LogP contribution in [0.1, 0.15) is 20.8 Å². The summed E-state index contributed by atoms with van der Waals surface area (Å²) in [5.41, 5.74) is 0. The zero-order valence-corrected chi connectivity index (χ0v) is 33.0. The molecule has 0 aromatic heterocycles. The van der Waals surface area contributed by atoms with Crippen molar-refractivity contribution in [2.24, 2.45) is 0 Å². The van der Waals surface area contributed by atoms with E-state index in [2.05, 4.69) is 10.6 Å². The third kappa shape index (κ3) is 10.8. The number of carbonyl (C=O) groups excluding carboxylic acids is 2. The van der Waals surface area contributed by atoms with Gasteiger partial charge in [0.2, 0.25) is 11.8 Å². The van der Waals surface area contributed by atoms with Crippen LogP contribution in [0.2, 0.25) is 0 Å². The summed E-state index contributed by atoms with van der Waals surface area (Å²) in [5, 5.41) is 154. The molecule has 0 aliphatic carbocycles. The third-order valence-electron chi connectivity index (χ3n) is 11.1. The molecule has 0 unspecified atom stereocenters. The van der Waals surface area contributed by atoms with E-state index in [9.17, 15) is 81.1 Å². The predicted octanol–water partition coefficient (Wildman–Crippen LogP) is -10.6. The molecule has 5 fully saturated rings. The largest absolute Gasteiger partial charge is 0.394 e. The lowest BCUT2D eigenvalue weighted by atomic mass is 9.93. The van der Waals surface area contributed by atoms with E-state index in [0.717, 1.165) is 13.8 Å². The summed E-state index contributed by atoms with van der Waals surface area (Å²) in [4.78, 5) is 24.9. The van der Waals surface area contributed by atoms with Gasteiger partial charge in [-0.25, -0.2) is 0 Å². The van der Waals surface area contributed by atoms with Crippen LogP contribution < -0.4 is 10.6 Å². The van der Waals surface area contributed by atoms with Crippen molar-refractivity contribution in [3.05, 3.63) is 0 Å². The van der Waals surface area contributed by atoms with Crippen LogP contribution in [0.5, 0.6) is 0 Å². The van der Waals surface area contributed by atoms with Gasteiger partial charge >= 0.3 is 0 Å². The Hall–Kier alpha value is -1.98. The second-order valence-electron chi connectivity index (χ2n) is 15.4. The normalized spacial score (nSPS) is 49.6. The quantitative estimate of drug-likeness (QED) is 0.0770. The molecule has 27 nitrogen and oxygen atoms in total. The van der Waals surface area contributed by atoms with Crippen LogP contribution in [0.15, 0.2) is 0 Å². The molecule has 0 bridgehead atoms. The predicted molar refractivity (Wildman–Crippen MR) is 188 cm³/mol. The van der Waals surface area contributed by atoms with Gasteiger partial charge in [-0.3, -0.25) is 9.59 Å². The molecule has 0 saturated carbocycles. The van der Waals surface area contributed by atoms with Crippen molar-refractivity contribution in [3.63, 3.8) is 0 Å². The number of nitrogens with one attached hydrogen (secondary N) is 2. The summed E-state index contributed by atoms with van der Waals surface area (Å²) in [6, 6.07) is -3.36. The van der Waals surface area contributed by atoms with Crippen molar-refractivity contribution in [3.8, 4) is 0 Å². The van der Waals surface area contributed by atoms with Crippen molar-refractivity contribution in [1.82, 2.24) is 10.6 Å². The summed E-state index contributed by atoms with van der Waals surface area (Å²) >= 11 is 0. The van der Waals surface area contributed by atoms with Crippen LogP contribution >= 0.6 is 0 Å². The van der Waals surface area contributed by atoms with Crippen LogP contribution in [-0.2, 0) is 52.2 Å². The molecule has 2 amide bonds. The Morgan fingerprint density at radius 1 is 0.426 bits per heavy atom. The van der Waals surface area contributed by atoms with E-state index in [1.807, 2.05) is 0 Å². The Balaban J connectivity index is 1.57. The van der Waals surface area contributed by atoms with E-state index in [4.69, 9.17) is 42.6 Å². The number of carbonyl (C=O) groups is 2. The summed E-state index contributed by atoms with van der Waals surface area (Å²) in [6.45, 7) is -0.358. The molecule has 27 heteroatoms. The summed E-state index contributed by atoms with van der Waals surface area (Å²) in [6.07, 6.45) is -42.2. The Bertz CT molecular complexity index is 1420. The third-order valence-corrected chi connectivity index (χ3v) is 11.1. The van der Waals surface area contributed by atoms with Crippen LogP contribution in [0.25, 0.3) is 0 Å². The standard InChI is InChI=1S/C34H58N2O25/c1-8-17(43)23(49)24(50)33(53-8)61-29-28(60-31-15(35-9(2)41)22(48)18(44)11(4-37)55-31)21(47)14(7-40)57-34(29)58-26-16(36-10(3)42)32(56-13(6-39)19(26)45)59-27-20(46)12(5-38)54-30(52)25(27)51/h8,11-34,37-40,43-52H,4-7H2,1-3H3,(H,35,41)(H,36,42)/t8-,11+,12+,13+,14+,15+,16+,17+,18+,19+,20-,21-,22+,23+,24-,25+,26+,27-,28-,29+,30-,31-,32-,33-,34-/m0/s1. The van der Waals surface area contributed by atoms with Gasteiger partial charge in [0, 0.05) is 13.8 Å². The number of aliphatic hydroxyl groups is 14. The molecule has 5 saturated heterocycles. The highest BCUT2D eigenvalue weighted by Gasteiger charge is 2.58. The first-order chi connectivity index (χ1) is 28.8. The fourth-order valence-electron chi connectivity index (χ4n) is 7.74. The van der Waals surface area contributed by atoms with Gasteiger partial charge in [0.1, 0.15) is 116 Å². The van der Waals surface area contributed by atoms with Crippen molar-refractivity contribution < 1.29 is 124 Å². The molecule has 0 radical (unpaired) electrons. The lowest BCUT2D eigenvalue weighted by Gasteiger charge is -2.51. The van der Waals surface area contributed by atoms with Gasteiger partial charge in [-0.2, -0.15) is 0 Å². The van der Waals surface area contributed by atoms with Gasteiger partial charge in [0.15, 0.2) is 31.5 Å². The number of ether oxygens (including phenoxy) is 9. The number of aliphatic hydroxyl groups excluding tert-OH is 14. The lowest BCUT2D eigenvalue weighted by molar-refractivity contribution is -0.399. The van der Waals surface area contributed by atoms with Gasteiger partial charge in [-0.15, -0.1) is 0 Å². The minimum atomic E-state index is -2.08. The average Bonchev–Trinajstić information content (AvgIpc) is 3.22. The van der Waals surface area contributed by atoms with E-state index >= 15 is 0 Å². The van der Waals surface area contributed by atoms with Gasteiger partial charge in [0.25, 0.3) is 0 Å². The number of rotatable bonds is 14. The van der Waals surface area contributed by atoms with Crippen LogP contribution in [-0.4, -0.2) is 263 Å². The van der Waals surface area contributed by atoms with E-state index in [0.29, 0.717) is 0 Å². The molecule has 354 valence electrons. The van der Waals surface area contributed by atoms with Crippen LogP contribution in [0, 0.1) is 0 Å². The van der Waals surface area contributed by atoms with Crippen LogP contribution in [0.3, 0.4) is 0 Å². The van der Waals surface area contributed by atoms with Crippen LogP contribution in [0.4, 0.5) is 0 Å². The van der Waals surface area contributed by atoms with Crippen molar-refractivity contribution >= 4 is 11.8 Å². The Labute approximate surface area is 346 Å². The monoisotopic (exact) mass is 894 g/mol. The van der Waals surface area contributed by atoms with E-state index in [1.165, 1.54) is 6.92 Å². The Morgan fingerprint density at radius 3 is 1.41 bits per heavy atom. The number of hydrogen-bond donors (Lipinski definition) is 16. The van der Waals surface area contributed by atoms with Gasteiger partial charge in [-0.05, 0) is 6.92 Å². The Kier molecular flexibility index (Phi) is 17.5.